The van der Waals surface area contributed by atoms with Gasteiger partial charge in [0.15, 0.2) is 5.78 Å². The van der Waals surface area contributed by atoms with Crippen molar-refractivity contribution in [3.05, 3.63) is 22.5 Å². The number of carbonyl (C=O) groups is 2. The molecule has 2 heterocycles. The SMILES string of the molecule is COC(=O)c1c(C)[nH]c(C(=O)CN2CCC[C@H](C(F)(F)F)C2)c1C. The molecular formula is C16H21F3N2O3. The largest absolute Gasteiger partial charge is 0.465 e. The lowest BCUT2D eigenvalue weighted by atomic mass is 9.97. The Hall–Kier alpha value is -1.83. The van der Waals surface area contributed by atoms with E-state index in [1.165, 1.54) is 12.0 Å². The van der Waals surface area contributed by atoms with Crippen LogP contribution in [0.15, 0.2) is 0 Å². The Labute approximate surface area is 138 Å². The van der Waals surface area contributed by atoms with E-state index < -0.39 is 18.1 Å². The fourth-order valence-corrected chi connectivity index (χ4v) is 3.19. The van der Waals surface area contributed by atoms with E-state index in [4.69, 9.17) is 0 Å². The number of nitrogens with zero attached hydrogens (tertiary/aromatic N) is 1. The van der Waals surface area contributed by atoms with Crippen LogP contribution in [0.4, 0.5) is 13.2 Å². The smallest absolute Gasteiger partial charge is 0.393 e. The number of rotatable bonds is 4. The number of aryl methyl sites for hydroxylation is 1. The van der Waals surface area contributed by atoms with Gasteiger partial charge in [0.25, 0.3) is 0 Å². The maximum Gasteiger partial charge on any atom is 0.393 e. The van der Waals surface area contributed by atoms with Gasteiger partial charge >= 0.3 is 12.1 Å². The number of Topliss-reactive ketones (excluding diaryl/α,β-unsaturated/α-hetero) is 1. The van der Waals surface area contributed by atoms with E-state index in [-0.39, 0.29) is 31.0 Å². The summed E-state index contributed by atoms with van der Waals surface area (Å²) in [7, 11) is 1.25. The minimum Gasteiger partial charge on any atom is -0.465 e. The molecule has 8 heteroatoms. The lowest BCUT2D eigenvalue weighted by Crippen LogP contribution is -2.43. The predicted molar refractivity (Wildman–Crippen MR) is 81.2 cm³/mol. The highest BCUT2D eigenvalue weighted by atomic mass is 19.4. The van der Waals surface area contributed by atoms with E-state index in [0.29, 0.717) is 29.8 Å². The van der Waals surface area contributed by atoms with Crippen LogP contribution in [0.5, 0.6) is 0 Å². The second kappa shape index (κ2) is 6.96. The van der Waals surface area contributed by atoms with Gasteiger partial charge in [-0.1, -0.05) is 0 Å². The Morgan fingerprint density at radius 2 is 2.00 bits per heavy atom. The summed E-state index contributed by atoms with van der Waals surface area (Å²) in [5, 5.41) is 0. The van der Waals surface area contributed by atoms with Crippen LogP contribution in [0, 0.1) is 19.8 Å². The number of ether oxygens (including phenoxy) is 1. The topological polar surface area (TPSA) is 62.4 Å². The molecule has 1 atom stereocenters. The highest BCUT2D eigenvalue weighted by Gasteiger charge is 2.42. The standard InChI is InChI=1S/C16H21F3N2O3/c1-9-13(15(23)24-3)10(2)20-14(9)12(22)8-21-6-4-5-11(7-21)16(17,18)19/h11,20H,4-8H2,1-3H3/t11-/m0/s1. The quantitative estimate of drug-likeness (QED) is 0.673. The maximum absolute atomic E-state index is 12.9. The van der Waals surface area contributed by atoms with Crippen LogP contribution in [0.3, 0.4) is 0 Å². The Bertz CT molecular complexity index is 637. The van der Waals surface area contributed by atoms with Gasteiger partial charge in [-0.3, -0.25) is 9.69 Å². The molecule has 0 radical (unpaired) electrons. The van der Waals surface area contributed by atoms with Crippen molar-refractivity contribution < 1.29 is 27.5 Å². The van der Waals surface area contributed by atoms with Crippen LogP contribution in [0.2, 0.25) is 0 Å². The van der Waals surface area contributed by atoms with E-state index in [1.54, 1.807) is 13.8 Å². The van der Waals surface area contributed by atoms with Crippen LogP contribution in [0.1, 0.15) is 44.9 Å². The van der Waals surface area contributed by atoms with Gasteiger partial charge in [0.1, 0.15) is 0 Å². The molecule has 0 bridgehead atoms. The monoisotopic (exact) mass is 346 g/mol. The van der Waals surface area contributed by atoms with Gasteiger partial charge in [0.05, 0.1) is 30.8 Å². The fourth-order valence-electron chi connectivity index (χ4n) is 3.19. The van der Waals surface area contributed by atoms with Gasteiger partial charge in [-0.25, -0.2) is 4.79 Å². The van der Waals surface area contributed by atoms with Gasteiger partial charge in [-0.05, 0) is 38.8 Å². The summed E-state index contributed by atoms with van der Waals surface area (Å²) in [4.78, 5) is 28.6. The lowest BCUT2D eigenvalue weighted by molar-refractivity contribution is -0.186. The number of ketones is 1. The molecule has 5 nitrogen and oxygen atoms in total. The molecule has 0 aliphatic carbocycles. The zero-order chi connectivity index (χ0) is 18.1. The fraction of sp³-hybridized carbons (Fsp3) is 0.625. The van der Waals surface area contributed by atoms with Crippen molar-refractivity contribution in [2.75, 3.05) is 26.7 Å². The minimum atomic E-state index is -4.24. The number of halogens is 3. The molecule has 1 aromatic rings. The molecule has 1 fully saturated rings. The first kappa shape index (κ1) is 18.5. The van der Waals surface area contributed by atoms with Crippen molar-refractivity contribution in [3.63, 3.8) is 0 Å². The summed E-state index contributed by atoms with van der Waals surface area (Å²) in [5.74, 6) is -2.26. The van der Waals surface area contributed by atoms with Gasteiger partial charge < -0.3 is 9.72 Å². The average Bonchev–Trinajstić information content (AvgIpc) is 2.81. The number of alkyl halides is 3. The normalized spacial score (nSPS) is 19.3. The molecule has 1 N–H and O–H groups in total. The predicted octanol–water partition coefficient (Wildman–Crippen LogP) is 2.88. The third-order valence-corrected chi connectivity index (χ3v) is 4.44. The van der Waals surface area contributed by atoms with Crippen LogP contribution in [-0.2, 0) is 4.74 Å². The molecule has 1 aliphatic rings. The Balaban J connectivity index is 2.12. The van der Waals surface area contributed by atoms with Crippen molar-refractivity contribution >= 4 is 11.8 Å². The number of aromatic amines is 1. The van der Waals surface area contributed by atoms with E-state index in [0.717, 1.165) is 0 Å². The van der Waals surface area contributed by atoms with Gasteiger partial charge in [0, 0.05) is 12.2 Å². The second-order valence-corrected chi connectivity index (χ2v) is 6.16. The van der Waals surface area contributed by atoms with E-state index >= 15 is 0 Å². The number of hydrogen-bond acceptors (Lipinski definition) is 4. The summed E-state index contributed by atoms with van der Waals surface area (Å²) in [6, 6.07) is 0. The average molecular weight is 346 g/mol. The number of aromatic nitrogens is 1. The summed E-state index contributed by atoms with van der Waals surface area (Å²) in [5.41, 5.74) is 1.53. The van der Waals surface area contributed by atoms with E-state index in [1.807, 2.05) is 0 Å². The van der Waals surface area contributed by atoms with Crippen LogP contribution in [0.25, 0.3) is 0 Å². The number of nitrogens with one attached hydrogen (secondary N) is 1. The molecular weight excluding hydrogens is 325 g/mol. The number of esters is 1. The summed E-state index contributed by atoms with van der Waals surface area (Å²) in [6.07, 6.45) is -3.73. The van der Waals surface area contributed by atoms with Gasteiger partial charge in [-0.2, -0.15) is 13.2 Å². The number of H-pyrrole nitrogens is 1. The number of methoxy groups -OCH3 is 1. The van der Waals surface area contributed by atoms with Crippen molar-refractivity contribution in [2.24, 2.45) is 5.92 Å². The molecule has 0 aromatic carbocycles. The molecule has 2 rings (SSSR count). The first-order valence-corrected chi connectivity index (χ1v) is 7.74. The Morgan fingerprint density at radius 3 is 2.58 bits per heavy atom. The van der Waals surface area contributed by atoms with Crippen LogP contribution < -0.4 is 0 Å². The molecule has 134 valence electrons. The highest BCUT2D eigenvalue weighted by molar-refractivity contribution is 6.02. The molecule has 1 aromatic heterocycles. The third-order valence-electron chi connectivity index (χ3n) is 4.44. The summed E-state index contributed by atoms with van der Waals surface area (Å²) < 4.78 is 43.2. The molecule has 1 aliphatic heterocycles. The first-order valence-electron chi connectivity index (χ1n) is 7.74. The minimum absolute atomic E-state index is 0.0985. The lowest BCUT2D eigenvalue weighted by Gasteiger charge is -2.33. The van der Waals surface area contributed by atoms with Crippen molar-refractivity contribution in [1.82, 2.24) is 9.88 Å². The van der Waals surface area contributed by atoms with Crippen LogP contribution >= 0.6 is 0 Å². The first-order chi connectivity index (χ1) is 11.1. The molecule has 0 saturated carbocycles. The van der Waals surface area contributed by atoms with Crippen LogP contribution in [-0.4, -0.2) is 54.6 Å². The zero-order valence-corrected chi connectivity index (χ0v) is 13.9. The maximum atomic E-state index is 12.9. The van der Waals surface area contributed by atoms with Crippen molar-refractivity contribution in [3.8, 4) is 0 Å². The number of carbonyl (C=O) groups excluding carboxylic acids is 2. The Morgan fingerprint density at radius 1 is 1.33 bits per heavy atom. The van der Waals surface area contributed by atoms with Crippen molar-refractivity contribution in [2.45, 2.75) is 32.9 Å². The highest BCUT2D eigenvalue weighted by Crippen LogP contribution is 2.33. The molecule has 24 heavy (non-hydrogen) atoms. The van der Waals surface area contributed by atoms with E-state index in [9.17, 15) is 22.8 Å². The molecule has 0 unspecified atom stereocenters. The number of piperidine rings is 1. The van der Waals surface area contributed by atoms with Gasteiger partial charge in [0.2, 0.25) is 0 Å². The van der Waals surface area contributed by atoms with Crippen molar-refractivity contribution in [1.29, 1.82) is 0 Å². The molecule has 0 spiro atoms. The second-order valence-electron chi connectivity index (χ2n) is 6.16. The summed E-state index contributed by atoms with van der Waals surface area (Å²) >= 11 is 0. The number of likely N-dealkylation sites (tertiary alicyclic amines) is 1. The number of hydrogen-bond donors (Lipinski definition) is 1. The third kappa shape index (κ3) is 3.80. The van der Waals surface area contributed by atoms with Gasteiger partial charge in [-0.15, -0.1) is 0 Å². The molecule has 1 saturated heterocycles. The summed E-state index contributed by atoms with van der Waals surface area (Å²) in [6.45, 7) is 3.46. The zero-order valence-electron chi connectivity index (χ0n) is 13.9. The Kier molecular flexibility index (Phi) is 5.37. The van der Waals surface area contributed by atoms with E-state index in [2.05, 4.69) is 9.72 Å². The molecule has 0 amide bonds.